The molecule has 2 aliphatic rings. The second kappa shape index (κ2) is 12.1. The van der Waals surface area contributed by atoms with Crippen LogP contribution in [-0.4, -0.2) is 72.2 Å². The quantitative estimate of drug-likeness (QED) is 0.271. The van der Waals surface area contributed by atoms with Crippen LogP contribution in [0.3, 0.4) is 0 Å². The first kappa shape index (κ1) is 30.4. The number of carbonyl (C=O) groups is 2. The van der Waals surface area contributed by atoms with Gasteiger partial charge in [0.15, 0.2) is 5.78 Å². The van der Waals surface area contributed by atoms with Gasteiger partial charge in [-0.2, -0.15) is 0 Å². The van der Waals surface area contributed by atoms with E-state index in [0.717, 1.165) is 47.8 Å². The summed E-state index contributed by atoms with van der Waals surface area (Å²) in [6, 6.07) is 10.2. The predicted molar refractivity (Wildman–Crippen MR) is 167 cm³/mol. The smallest absolute Gasteiger partial charge is 0.263 e. The first-order valence-electron chi connectivity index (χ1n) is 14.1. The molecule has 232 valence electrons. The average Bonchev–Trinajstić information content (AvgIpc) is 3.27. The van der Waals surface area contributed by atoms with E-state index in [1.54, 1.807) is 12.3 Å². The molecule has 0 radical (unpaired) electrons. The summed E-state index contributed by atoms with van der Waals surface area (Å²) in [5.74, 6) is -0.242. The maximum atomic E-state index is 13.6. The van der Waals surface area contributed by atoms with Crippen molar-refractivity contribution in [3.63, 3.8) is 0 Å². The van der Waals surface area contributed by atoms with Crippen LogP contribution in [0.1, 0.15) is 19.8 Å². The summed E-state index contributed by atoms with van der Waals surface area (Å²) in [6.45, 7) is 2.57. The molecule has 11 nitrogen and oxygen atoms in total. The largest absolute Gasteiger partial charge is 0.480 e. The third-order valence-electron chi connectivity index (χ3n) is 7.92. The second-order valence-electron chi connectivity index (χ2n) is 10.9. The van der Waals surface area contributed by atoms with Crippen LogP contribution in [0.2, 0.25) is 5.02 Å². The molecule has 2 aromatic heterocycles. The number of ether oxygens (including phenoxy) is 1. The van der Waals surface area contributed by atoms with Gasteiger partial charge in [0.25, 0.3) is 10.0 Å². The van der Waals surface area contributed by atoms with Gasteiger partial charge >= 0.3 is 0 Å². The highest BCUT2D eigenvalue weighted by atomic mass is 35.5. The zero-order valence-corrected chi connectivity index (χ0v) is 25.8. The van der Waals surface area contributed by atoms with Gasteiger partial charge in [0.05, 0.1) is 17.6 Å². The van der Waals surface area contributed by atoms with Crippen molar-refractivity contribution in [2.45, 2.75) is 36.7 Å². The number of fused-ring (bicyclic) bond motifs is 3. The normalized spacial score (nSPS) is 18.0. The minimum absolute atomic E-state index is 0.0166. The fourth-order valence-electron chi connectivity index (χ4n) is 5.92. The summed E-state index contributed by atoms with van der Waals surface area (Å²) in [6.07, 6.45) is 7.43. The summed E-state index contributed by atoms with van der Waals surface area (Å²) in [5.41, 5.74) is 2.09. The molecule has 4 heterocycles. The number of rotatable bonds is 8. The summed E-state index contributed by atoms with van der Waals surface area (Å²) < 4.78 is 47.7. The number of aromatic nitrogens is 3. The third-order valence-corrected chi connectivity index (χ3v) is 9.77. The first-order valence-corrected chi connectivity index (χ1v) is 15.9. The van der Waals surface area contributed by atoms with Crippen LogP contribution in [-0.2, 0) is 19.6 Å². The molecule has 2 fully saturated rings. The number of allylic oxidation sites excluding steroid dienone is 1. The molecule has 2 aliphatic heterocycles. The van der Waals surface area contributed by atoms with Gasteiger partial charge in [-0.15, -0.1) is 0 Å². The van der Waals surface area contributed by atoms with Crippen LogP contribution in [0.4, 0.5) is 15.9 Å². The Kier molecular flexibility index (Phi) is 8.14. The number of amides is 1. The van der Waals surface area contributed by atoms with Gasteiger partial charge in [-0.3, -0.25) is 14.3 Å². The number of nitrogens with one attached hydrogen (secondary N) is 1. The monoisotopic (exact) mass is 650 g/mol. The molecule has 0 spiro atoms. The molecule has 2 unspecified atom stereocenters. The molecule has 2 saturated heterocycles. The number of anilines is 2. The Balaban J connectivity index is 1.31. The van der Waals surface area contributed by atoms with Crippen LogP contribution in [0, 0.1) is 5.82 Å². The number of piperazine rings is 1. The highest BCUT2D eigenvalue weighted by Gasteiger charge is 2.42. The molecule has 4 aromatic rings. The molecular weight excluding hydrogens is 623 g/mol. The van der Waals surface area contributed by atoms with E-state index in [1.807, 2.05) is 23.1 Å². The molecule has 2 bridgehead atoms. The van der Waals surface area contributed by atoms with Gasteiger partial charge in [-0.25, -0.2) is 27.8 Å². The van der Waals surface area contributed by atoms with Gasteiger partial charge in [0, 0.05) is 48.4 Å². The third kappa shape index (κ3) is 6.05. The molecule has 2 atom stereocenters. The second-order valence-corrected chi connectivity index (χ2v) is 12.9. The van der Waals surface area contributed by atoms with Crippen molar-refractivity contribution in [3.05, 3.63) is 78.0 Å². The minimum Gasteiger partial charge on any atom is -0.480 e. The van der Waals surface area contributed by atoms with Crippen molar-refractivity contribution in [2.24, 2.45) is 0 Å². The number of methoxy groups -OCH3 is 1. The van der Waals surface area contributed by atoms with Crippen LogP contribution in [0.15, 0.2) is 72.0 Å². The number of sulfonamides is 1. The number of hydrogen-bond acceptors (Lipinski definition) is 9. The molecule has 0 saturated carbocycles. The van der Waals surface area contributed by atoms with Gasteiger partial charge in [0.1, 0.15) is 28.5 Å². The van der Waals surface area contributed by atoms with Crippen LogP contribution >= 0.6 is 11.6 Å². The van der Waals surface area contributed by atoms with E-state index in [0.29, 0.717) is 24.2 Å². The number of carbonyl (C=O) groups excluding carboxylic acids is 2. The van der Waals surface area contributed by atoms with Crippen molar-refractivity contribution in [1.29, 1.82) is 0 Å². The van der Waals surface area contributed by atoms with Crippen LogP contribution < -0.4 is 14.4 Å². The lowest BCUT2D eigenvalue weighted by atomic mass is 10.0. The van der Waals surface area contributed by atoms with Crippen LogP contribution in [0.25, 0.3) is 22.0 Å². The fourth-order valence-corrected chi connectivity index (χ4v) is 7.50. The average molecular weight is 651 g/mol. The summed E-state index contributed by atoms with van der Waals surface area (Å²) in [5, 5.41) is 0.514. The summed E-state index contributed by atoms with van der Waals surface area (Å²) >= 11 is 6.03. The summed E-state index contributed by atoms with van der Waals surface area (Å²) in [4.78, 5) is 41.3. The maximum absolute atomic E-state index is 13.6. The van der Waals surface area contributed by atoms with Crippen LogP contribution in [0.5, 0.6) is 5.88 Å². The molecule has 45 heavy (non-hydrogen) atoms. The number of hydrogen-bond donors (Lipinski definition) is 1. The van der Waals surface area contributed by atoms with E-state index in [4.69, 9.17) is 16.3 Å². The highest BCUT2D eigenvalue weighted by molar-refractivity contribution is 7.92. The number of nitrogens with zero attached hydrogens (tertiary/aromatic N) is 5. The SMILES string of the molecule is COc1ncc(-c2ccc3ncnc(N4CC5CCC(C4)N5C(=O)/C=C/C(C)=O)c3c2)cc1NS(=O)(=O)c1ccc(F)cc1Cl. The number of ketones is 1. The lowest BCUT2D eigenvalue weighted by molar-refractivity contribution is -0.129. The standard InChI is InChI=1S/C31H28ClFN6O5S/c1-18(40)3-10-29(41)39-22-6-7-23(39)16-38(15-22)30-24-11-19(4-8-26(24)35-17-36-30)20-12-27(31(44-2)34-14-20)37-45(42,43)28-9-5-21(33)13-25(28)32/h3-5,8-14,17,22-23,37H,6-7,15-16H2,1-2H3/b10-3+. The Morgan fingerprint density at radius 3 is 2.47 bits per heavy atom. The Labute approximate surface area is 263 Å². The zero-order chi connectivity index (χ0) is 31.9. The van der Waals surface area contributed by atoms with E-state index < -0.39 is 15.8 Å². The van der Waals surface area contributed by atoms with E-state index in [1.165, 1.54) is 32.5 Å². The molecule has 6 rings (SSSR count). The Bertz CT molecular complexity index is 1960. The molecular formula is C31H28ClFN6O5S. The number of pyridine rings is 1. The molecule has 14 heteroatoms. The van der Waals surface area contributed by atoms with E-state index in [2.05, 4.69) is 24.6 Å². The Morgan fingerprint density at radius 2 is 1.78 bits per heavy atom. The topological polar surface area (TPSA) is 135 Å². The van der Waals surface area contributed by atoms with Crippen molar-refractivity contribution in [3.8, 4) is 17.0 Å². The number of halogens is 2. The van der Waals surface area contributed by atoms with E-state index >= 15 is 0 Å². The maximum Gasteiger partial charge on any atom is 0.263 e. The molecule has 0 aliphatic carbocycles. The van der Waals surface area contributed by atoms with Gasteiger partial charge in [0.2, 0.25) is 11.8 Å². The van der Waals surface area contributed by atoms with Crippen molar-refractivity contribution in [2.75, 3.05) is 29.8 Å². The lowest BCUT2D eigenvalue weighted by Gasteiger charge is -2.41. The first-order chi connectivity index (χ1) is 21.5. The predicted octanol–water partition coefficient (Wildman–Crippen LogP) is 4.62. The zero-order valence-electron chi connectivity index (χ0n) is 24.3. The molecule has 2 aromatic carbocycles. The van der Waals surface area contributed by atoms with Gasteiger partial charge < -0.3 is 14.5 Å². The van der Waals surface area contributed by atoms with Crippen molar-refractivity contribution >= 4 is 55.7 Å². The van der Waals surface area contributed by atoms with Gasteiger partial charge in [-0.1, -0.05) is 17.7 Å². The fraction of sp³-hybridized carbons (Fsp3) is 0.258. The lowest BCUT2D eigenvalue weighted by Crippen LogP contribution is -2.55. The molecule has 1 N–H and O–H groups in total. The van der Waals surface area contributed by atoms with Crippen molar-refractivity contribution in [1.82, 2.24) is 19.9 Å². The minimum atomic E-state index is -4.22. The van der Waals surface area contributed by atoms with E-state index in [9.17, 15) is 22.4 Å². The van der Waals surface area contributed by atoms with E-state index in [-0.39, 0.29) is 45.3 Å². The summed E-state index contributed by atoms with van der Waals surface area (Å²) in [7, 11) is -2.85. The Morgan fingerprint density at radius 1 is 1.02 bits per heavy atom. The van der Waals surface area contributed by atoms with Crippen molar-refractivity contribution < 1.29 is 27.1 Å². The Hall–Kier alpha value is -4.62. The highest BCUT2D eigenvalue weighted by Crippen LogP contribution is 2.37. The molecule has 1 amide bonds. The number of benzene rings is 2. The van der Waals surface area contributed by atoms with Gasteiger partial charge in [-0.05, 0) is 67.8 Å².